The lowest BCUT2D eigenvalue weighted by molar-refractivity contribution is 0.102. The van der Waals surface area contributed by atoms with Gasteiger partial charge in [0.2, 0.25) is 5.95 Å². The standard InChI is InChI=1S/C28H31FN8O/c1-36(17-25-31-18-37(2)35-25)28-33-24-13-5-3-4-12-23(24)26(34-28)30-16-19-8-6-11-22(14-19)32-27(38)20-9-7-10-21(29)15-20/h6-11,14-15,18H,3-5,12-13,16-17H2,1-2H3,(H,32,38)(H,30,33,34). The van der Waals surface area contributed by atoms with Crippen molar-refractivity contribution in [3.05, 3.63) is 88.9 Å². The van der Waals surface area contributed by atoms with Crippen molar-refractivity contribution in [3.8, 4) is 0 Å². The van der Waals surface area contributed by atoms with Gasteiger partial charge in [-0.15, -0.1) is 0 Å². The normalized spacial score (nSPS) is 12.9. The molecule has 196 valence electrons. The number of hydrogen-bond donors (Lipinski definition) is 2. The predicted octanol–water partition coefficient (Wildman–Crippen LogP) is 4.51. The lowest BCUT2D eigenvalue weighted by atomic mass is 10.1. The Balaban J connectivity index is 1.33. The molecule has 2 heterocycles. The van der Waals surface area contributed by atoms with Crippen molar-refractivity contribution in [2.45, 2.75) is 45.2 Å². The lowest BCUT2D eigenvalue weighted by Gasteiger charge is -2.20. The summed E-state index contributed by atoms with van der Waals surface area (Å²) in [4.78, 5) is 28.7. The molecule has 0 spiro atoms. The van der Waals surface area contributed by atoms with Gasteiger partial charge in [-0.05, 0) is 61.6 Å². The Kier molecular flexibility index (Phi) is 7.57. The van der Waals surface area contributed by atoms with E-state index < -0.39 is 5.82 Å². The molecule has 2 aromatic carbocycles. The van der Waals surface area contributed by atoms with Crippen LogP contribution < -0.4 is 15.5 Å². The van der Waals surface area contributed by atoms with Crippen LogP contribution in [0.3, 0.4) is 0 Å². The first-order valence-electron chi connectivity index (χ1n) is 12.8. The third-order valence-corrected chi connectivity index (χ3v) is 6.52. The van der Waals surface area contributed by atoms with Crippen molar-refractivity contribution in [3.63, 3.8) is 0 Å². The molecule has 0 radical (unpaired) electrons. The van der Waals surface area contributed by atoms with E-state index in [1.165, 1.54) is 30.2 Å². The minimum atomic E-state index is -0.444. The predicted molar refractivity (Wildman–Crippen MR) is 145 cm³/mol. The highest BCUT2D eigenvalue weighted by atomic mass is 19.1. The van der Waals surface area contributed by atoms with E-state index in [0.717, 1.165) is 42.8 Å². The van der Waals surface area contributed by atoms with Gasteiger partial charge in [-0.1, -0.05) is 24.6 Å². The van der Waals surface area contributed by atoms with E-state index in [4.69, 9.17) is 9.97 Å². The Hall–Kier alpha value is -4.34. The van der Waals surface area contributed by atoms with E-state index in [-0.39, 0.29) is 11.5 Å². The van der Waals surface area contributed by atoms with E-state index in [2.05, 4.69) is 20.7 Å². The Labute approximate surface area is 221 Å². The van der Waals surface area contributed by atoms with Gasteiger partial charge in [0.25, 0.3) is 5.91 Å². The highest BCUT2D eigenvalue weighted by Gasteiger charge is 2.19. The number of anilines is 3. The van der Waals surface area contributed by atoms with Crippen LogP contribution in [0, 0.1) is 5.82 Å². The van der Waals surface area contributed by atoms with Gasteiger partial charge in [0.15, 0.2) is 5.82 Å². The molecule has 1 aliphatic carbocycles. The molecule has 5 rings (SSSR count). The molecular formula is C28H31FN8O. The molecule has 10 heteroatoms. The third kappa shape index (κ3) is 6.13. The molecule has 9 nitrogen and oxygen atoms in total. The second-order valence-corrected chi connectivity index (χ2v) is 9.57. The zero-order valence-electron chi connectivity index (χ0n) is 21.6. The number of aryl methyl sites for hydroxylation is 2. The SMILES string of the molecule is CN(Cc1ncn(C)n1)c1nc2c(c(NCc3cccc(NC(=O)c4cccc(F)c4)c3)n1)CCCCC2. The maximum absolute atomic E-state index is 13.5. The number of amides is 1. The van der Waals surface area contributed by atoms with Gasteiger partial charge < -0.3 is 15.5 Å². The van der Waals surface area contributed by atoms with Crippen LogP contribution in [-0.2, 0) is 33.0 Å². The van der Waals surface area contributed by atoms with Crippen LogP contribution in [0.1, 0.15) is 52.3 Å². The van der Waals surface area contributed by atoms with Crippen LogP contribution in [0.25, 0.3) is 0 Å². The van der Waals surface area contributed by atoms with Gasteiger partial charge in [0.05, 0.1) is 12.2 Å². The quantitative estimate of drug-likeness (QED) is 0.334. The average Bonchev–Trinajstić information content (AvgIpc) is 3.16. The van der Waals surface area contributed by atoms with Crippen molar-refractivity contribution in [2.24, 2.45) is 7.05 Å². The summed E-state index contributed by atoms with van der Waals surface area (Å²) in [5.74, 6) is 1.38. The zero-order chi connectivity index (χ0) is 26.5. The maximum atomic E-state index is 13.5. The number of halogens is 1. The van der Waals surface area contributed by atoms with Crippen LogP contribution in [0.15, 0.2) is 54.9 Å². The molecule has 0 bridgehead atoms. The highest BCUT2D eigenvalue weighted by molar-refractivity contribution is 6.04. The largest absolute Gasteiger partial charge is 0.366 e. The third-order valence-electron chi connectivity index (χ3n) is 6.52. The zero-order valence-corrected chi connectivity index (χ0v) is 21.6. The molecule has 0 saturated carbocycles. The smallest absolute Gasteiger partial charge is 0.255 e. The number of nitrogens with zero attached hydrogens (tertiary/aromatic N) is 6. The molecule has 0 unspecified atom stereocenters. The summed E-state index contributed by atoms with van der Waals surface area (Å²) in [6.07, 6.45) is 6.94. The summed E-state index contributed by atoms with van der Waals surface area (Å²) in [6, 6.07) is 13.2. The van der Waals surface area contributed by atoms with Gasteiger partial charge in [-0.3, -0.25) is 9.48 Å². The molecule has 0 fully saturated rings. The Morgan fingerprint density at radius 2 is 1.92 bits per heavy atom. The van der Waals surface area contributed by atoms with Crippen molar-refractivity contribution in [1.82, 2.24) is 24.7 Å². The van der Waals surface area contributed by atoms with Gasteiger partial charge >= 0.3 is 0 Å². The first kappa shape index (κ1) is 25.3. The van der Waals surface area contributed by atoms with E-state index in [9.17, 15) is 9.18 Å². The molecule has 4 aromatic rings. The first-order valence-corrected chi connectivity index (χ1v) is 12.8. The fourth-order valence-corrected chi connectivity index (χ4v) is 4.59. The molecule has 2 N–H and O–H groups in total. The minimum Gasteiger partial charge on any atom is -0.366 e. The Morgan fingerprint density at radius 1 is 1.08 bits per heavy atom. The van der Waals surface area contributed by atoms with E-state index in [1.54, 1.807) is 17.1 Å². The summed E-state index contributed by atoms with van der Waals surface area (Å²) in [5, 5.41) is 10.7. The number of nitrogens with one attached hydrogen (secondary N) is 2. The topological polar surface area (TPSA) is 101 Å². The van der Waals surface area contributed by atoms with Gasteiger partial charge in [-0.25, -0.2) is 14.4 Å². The molecule has 1 amide bonds. The monoisotopic (exact) mass is 514 g/mol. The second-order valence-electron chi connectivity index (χ2n) is 9.57. The molecule has 0 atom stereocenters. The van der Waals surface area contributed by atoms with Gasteiger partial charge in [-0.2, -0.15) is 10.1 Å². The summed E-state index contributed by atoms with van der Waals surface area (Å²) in [7, 11) is 3.79. The Bertz CT molecular complexity index is 1440. The van der Waals surface area contributed by atoms with E-state index in [0.29, 0.717) is 30.5 Å². The Morgan fingerprint density at radius 3 is 2.74 bits per heavy atom. The van der Waals surface area contributed by atoms with Crippen LogP contribution in [0.5, 0.6) is 0 Å². The number of aromatic nitrogens is 5. The molecular weight excluding hydrogens is 483 g/mol. The van der Waals surface area contributed by atoms with Crippen LogP contribution in [-0.4, -0.2) is 37.7 Å². The average molecular weight is 515 g/mol. The molecule has 2 aromatic heterocycles. The first-order chi connectivity index (χ1) is 18.4. The van der Waals surface area contributed by atoms with Crippen LogP contribution in [0.4, 0.5) is 21.8 Å². The lowest BCUT2D eigenvalue weighted by Crippen LogP contribution is -2.22. The molecule has 38 heavy (non-hydrogen) atoms. The minimum absolute atomic E-state index is 0.273. The number of benzene rings is 2. The summed E-state index contributed by atoms with van der Waals surface area (Å²) in [5.41, 5.74) is 4.16. The van der Waals surface area contributed by atoms with Crippen LogP contribution in [0.2, 0.25) is 0 Å². The summed E-state index contributed by atoms with van der Waals surface area (Å²) < 4.78 is 15.2. The number of carbonyl (C=O) groups is 1. The van der Waals surface area contributed by atoms with Crippen molar-refractivity contribution in [2.75, 3.05) is 22.6 Å². The summed E-state index contributed by atoms with van der Waals surface area (Å²) in [6.45, 7) is 1.03. The van der Waals surface area contributed by atoms with Gasteiger partial charge in [0.1, 0.15) is 18.0 Å². The maximum Gasteiger partial charge on any atom is 0.255 e. The molecule has 0 saturated heterocycles. The van der Waals surface area contributed by atoms with E-state index >= 15 is 0 Å². The number of rotatable bonds is 8. The van der Waals surface area contributed by atoms with Crippen molar-refractivity contribution in [1.29, 1.82) is 0 Å². The second kappa shape index (κ2) is 11.4. The number of carbonyl (C=O) groups excluding carboxylic acids is 1. The highest BCUT2D eigenvalue weighted by Crippen LogP contribution is 2.28. The molecule has 1 aliphatic rings. The number of hydrogen-bond acceptors (Lipinski definition) is 7. The van der Waals surface area contributed by atoms with E-state index in [1.807, 2.05) is 43.3 Å². The fraction of sp³-hybridized carbons (Fsp3) is 0.321. The summed E-state index contributed by atoms with van der Waals surface area (Å²) >= 11 is 0. The fourth-order valence-electron chi connectivity index (χ4n) is 4.59. The van der Waals surface area contributed by atoms with Crippen LogP contribution >= 0.6 is 0 Å². The van der Waals surface area contributed by atoms with Crippen molar-refractivity contribution < 1.29 is 9.18 Å². The molecule has 0 aliphatic heterocycles. The number of fused-ring (bicyclic) bond motifs is 1. The van der Waals surface area contributed by atoms with Crippen molar-refractivity contribution >= 4 is 23.4 Å². The van der Waals surface area contributed by atoms with Gasteiger partial charge in [0, 0.05) is 37.5 Å².